The first-order valence-corrected chi connectivity index (χ1v) is 17.8. The molecule has 48 heavy (non-hydrogen) atoms. The van der Waals surface area contributed by atoms with Gasteiger partial charge in [0.05, 0.1) is 11.8 Å². The fraction of sp³-hybridized carbons (Fsp3) is 0.318. The lowest BCUT2D eigenvalue weighted by molar-refractivity contribution is -0.140. The zero-order chi connectivity index (χ0) is 33.6. The normalized spacial score (nSPS) is 12.8. The van der Waals surface area contributed by atoms with E-state index in [1.54, 1.807) is 0 Å². The lowest BCUT2D eigenvalue weighted by Gasteiger charge is -2.22. The highest BCUT2D eigenvalue weighted by atomic mass is 16.5. The minimum atomic E-state index is -0.166. The summed E-state index contributed by atoms with van der Waals surface area (Å²) in [6, 6.07) is 32.9. The van der Waals surface area contributed by atoms with Crippen LogP contribution < -0.4 is 9.47 Å². The van der Waals surface area contributed by atoms with E-state index in [4.69, 9.17) is 9.47 Å². The van der Waals surface area contributed by atoms with Gasteiger partial charge in [0.1, 0.15) is 11.5 Å². The van der Waals surface area contributed by atoms with Gasteiger partial charge in [0.25, 0.3) is 0 Å². The number of carbonyl (C=O) groups excluding carboxylic acids is 2. The van der Waals surface area contributed by atoms with Crippen LogP contribution in [0, 0.1) is 11.8 Å². The van der Waals surface area contributed by atoms with Crippen molar-refractivity contribution in [1.29, 1.82) is 0 Å². The van der Waals surface area contributed by atoms with E-state index in [0.29, 0.717) is 11.5 Å². The number of hydrogen-bond donors (Lipinski definition) is 0. The first-order valence-electron chi connectivity index (χ1n) is 17.8. The number of benzene rings is 6. The van der Waals surface area contributed by atoms with Crippen molar-refractivity contribution in [3.05, 3.63) is 97.1 Å². The predicted octanol–water partition coefficient (Wildman–Crippen LogP) is 12.2. The third kappa shape index (κ3) is 6.29. The topological polar surface area (TPSA) is 52.6 Å². The minimum Gasteiger partial charge on any atom is -0.425 e. The molecule has 0 saturated heterocycles. The summed E-state index contributed by atoms with van der Waals surface area (Å²) in [6.45, 7) is 8.42. The number of carbonyl (C=O) groups is 2. The third-order valence-electron chi connectivity index (χ3n) is 9.88. The van der Waals surface area contributed by atoms with Crippen LogP contribution >= 0.6 is 0 Å². The van der Waals surface area contributed by atoms with Crippen LogP contribution in [0.2, 0.25) is 0 Å². The van der Waals surface area contributed by atoms with E-state index in [-0.39, 0.29) is 23.8 Å². The van der Waals surface area contributed by atoms with E-state index < -0.39 is 0 Å². The van der Waals surface area contributed by atoms with Crippen LogP contribution in [0.1, 0.15) is 79.1 Å². The lowest BCUT2D eigenvalue weighted by atomic mass is 9.85. The Morgan fingerprint density at radius 1 is 0.458 bits per heavy atom. The highest BCUT2D eigenvalue weighted by Gasteiger charge is 2.26. The van der Waals surface area contributed by atoms with Gasteiger partial charge in [0.15, 0.2) is 0 Å². The Morgan fingerprint density at radius 2 is 0.729 bits per heavy atom. The molecule has 0 bridgehead atoms. The molecule has 0 aromatic heterocycles. The Bertz CT molecular complexity index is 1830. The lowest BCUT2D eigenvalue weighted by Crippen LogP contribution is -2.20. The standard InChI is InChI=1S/C44H46O4/c1-5-9-19-29(7-3)43(45)47-41-35-25-15-11-21-31(35)39(32-22-12-16-26-36(32)41)40-33-23-13-17-27-37(33)42(38-28-18-14-24-34(38)40)48-44(46)30(8-4)20-10-6-2/h11-18,21-30H,5-10,19-20H2,1-4H3. The van der Waals surface area contributed by atoms with E-state index >= 15 is 0 Å². The molecule has 0 amide bonds. The molecule has 0 radical (unpaired) electrons. The Labute approximate surface area is 284 Å². The summed E-state index contributed by atoms with van der Waals surface area (Å²) in [6.07, 6.45) is 7.23. The number of unbranched alkanes of at least 4 members (excludes halogenated alkanes) is 2. The summed E-state index contributed by atoms with van der Waals surface area (Å²) < 4.78 is 12.8. The summed E-state index contributed by atoms with van der Waals surface area (Å²) in [5.41, 5.74) is 2.14. The van der Waals surface area contributed by atoms with E-state index in [2.05, 4.69) is 76.2 Å². The van der Waals surface area contributed by atoms with Crippen molar-refractivity contribution >= 4 is 55.0 Å². The van der Waals surface area contributed by atoms with Gasteiger partial charge < -0.3 is 9.47 Å². The zero-order valence-electron chi connectivity index (χ0n) is 28.7. The fourth-order valence-corrected chi connectivity index (χ4v) is 7.18. The molecule has 4 heteroatoms. The summed E-state index contributed by atoms with van der Waals surface area (Å²) in [7, 11) is 0. The Kier molecular flexibility index (Phi) is 10.4. The van der Waals surface area contributed by atoms with Crippen molar-refractivity contribution in [2.24, 2.45) is 11.8 Å². The molecule has 0 heterocycles. The molecule has 0 N–H and O–H groups in total. The van der Waals surface area contributed by atoms with Gasteiger partial charge in [-0.25, -0.2) is 0 Å². The molecule has 0 aliphatic heterocycles. The highest BCUT2D eigenvalue weighted by molar-refractivity contribution is 6.27. The number of esters is 2. The highest BCUT2D eigenvalue weighted by Crippen LogP contribution is 2.50. The van der Waals surface area contributed by atoms with Gasteiger partial charge in [-0.3, -0.25) is 9.59 Å². The van der Waals surface area contributed by atoms with Gasteiger partial charge in [0, 0.05) is 21.5 Å². The number of hydrogen-bond acceptors (Lipinski definition) is 4. The minimum absolute atomic E-state index is 0.139. The van der Waals surface area contributed by atoms with Gasteiger partial charge in [-0.15, -0.1) is 0 Å². The average Bonchev–Trinajstić information content (AvgIpc) is 3.12. The smallest absolute Gasteiger partial charge is 0.314 e. The molecule has 2 atom stereocenters. The van der Waals surface area contributed by atoms with Crippen LogP contribution in [0.5, 0.6) is 11.5 Å². The van der Waals surface area contributed by atoms with E-state index in [9.17, 15) is 9.59 Å². The largest absolute Gasteiger partial charge is 0.425 e. The van der Waals surface area contributed by atoms with E-state index in [1.807, 2.05) is 48.5 Å². The maximum Gasteiger partial charge on any atom is 0.314 e. The maximum atomic E-state index is 13.6. The molecule has 0 aliphatic rings. The summed E-state index contributed by atoms with van der Waals surface area (Å²) >= 11 is 0. The van der Waals surface area contributed by atoms with Crippen molar-refractivity contribution < 1.29 is 19.1 Å². The van der Waals surface area contributed by atoms with Crippen LogP contribution in [0.15, 0.2) is 97.1 Å². The Morgan fingerprint density at radius 3 is 0.979 bits per heavy atom. The van der Waals surface area contributed by atoms with Crippen molar-refractivity contribution in [3.63, 3.8) is 0 Å². The monoisotopic (exact) mass is 638 g/mol. The van der Waals surface area contributed by atoms with Crippen LogP contribution in [0.25, 0.3) is 54.2 Å². The molecular formula is C44H46O4. The molecule has 6 aromatic rings. The molecule has 0 spiro atoms. The van der Waals surface area contributed by atoms with Crippen molar-refractivity contribution in [2.45, 2.75) is 79.1 Å². The second kappa shape index (κ2) is 15.0. The Hall–Kier alpha value is -4.70. The molecule has 246 valence electrons. The molecular weight excluding hydrogens is 592 g/mol. The number of rotatable bonds is 13. The van der Waals surface area contributed by atoms with Crippen molar-refractivity contribution in [2.75, 3.05) is 0 Å². The molecule has 2 unspecified atom stereocenters. The molecule has 0 saturated carbocycles. The van der Waals surface area contributed by atoms with Crippen molar-refractivity contribution in [1.82, 2.24) is 0 Å². The zero-order valence-corrected chi connectivity index (χ0v) is 28.7. The fourth-order valence-electron chi connectivity index (χ4n) is 7.18. The van der Waals surface area contributed by atoms with Gasteiger partial charge in [-0.2, -0.15) is 0 Å². The number of ether oxygens (including phenoxy) is 2. The second-order valence-corrected chi connectivity index (χ2v) is 12.9. The number of fused-ring (bicyclic) bond motifs is 4. The molecule has 0 fully saturated rings. The maximum absolute atomic E-state index is 13.6. The quantitative estimate of drug-likeness (QED) is 0.0717. The van der Waals surface area contributed by atoms with E-state index in [1.165, 1.54) is 0 Å². The summed E-state index contributed by atoms with van der Waals surface area (Å²) in [4.78, 5) is 27.3. The van der Waals surface area contributed by atoms with Gasteiger partial charge >= 0.3 is 11.9 Å². The van der Waals surface area contributed by atoms with Crippen LogP contribution in [-0.2, 0) is 9.59 Å². The first kappa shape index (κ1) is 33.2. The van der Waals surface area contributed by atoms with Crippen molar-refractivity contribution in [3.8, 4) is 22.6 Å². The van der Waals surface area contributed by atoms with Gasteiger partial charge in [-0.1, -0.05) is 150 Å². The summed E-state index contributed by atoms with van der Waals surface area (Å²) in [5.74, 6) is 0.614. The average molecular weight is 639 g/mol. The molecule has 0 aliphatic carbocycles. The molecule has 6 rings (SSSR count). The Balaban J connectivity index is 1.62. The predicted molar refractivity (Wildman–Crippen MR) is 200 cm³/mol. The third-order valence-corrected chi connectivity index (χ3v) is 9.88. The SMILES string of the molecule is CCCCC(CC)C(=O)Oc1c2ccccc2c(-c2c3ccccc3c(OC(=O)C(CC)CCCC)c3ccccc23)c2ccccc12. The van der Waals surface area contributed by atoms with Gasteiger partial charge in [-0.05, 0) is 58.4 Å². The van der Waals surface area contributed by atoms with Gasteiger partial charge in [0.2, 0.25) is 0 Å². The summed E-state index contributed by atoms with van der Waals surface area (Å²) in [5, 5.41) is 7.62. The molecule has 4 nitrogen and oxygen atoms in total. The van der Waals surface area contributed by atoms with Crippen LogP contribution in [-0.4, -0.2) is 11.9 Å². The van der Waals surface area contributed by atoms with E-state index in [0.717, 1.165) is 106 Å². The first-order chi connectivity index (χ1) is 23.5. The van der Waals surface area contributed by atoms with Crippen LogP contribution in [0.3, 0.4) is 0 Å². The second-order valence-electron chi connectivity index (χ2n) is 12.9. The van der Waals surface area contributed by atoms with Crippen LogP contribution in [0.4, 0.5) is 0 Å². The molecule has 6 aromatic carbocycles.